The van der Waals surface area contributed by atoms with Crippen LogP contribution in [0.15, 0.2) is 62.7 Å². The number of anilines is 1. The third kappa shape index (κ3) is 2.95. The first-order valence-corrected chi connectivity index (χ1v) is 7.31. The number of imidazole rings is 1. The van der Waals surface area contributed by atoms with E-state index in [4.69, 9.17) is 4.42 Å². The van der Waals surface area contributed by atoms with Crippen LogP contribution in [0.4, 0.5) is 5.69 Å². The van der Waals surface area contributed by atoms with Gasteiger partial charge in [-0.1, -0.05) is 0 Å². The molecule has 6 heteroatoms. The average Bonchev–Trinajstić information content (AvgIpc) is 3.08. The first-order chi connectivity index (χ1) is 10.1. The molecule has 2 aromatic heterocycles. The highest BCUT2D eigenvalue weighted by Crippen LogP contribution is 2.24. The molecule has 0 spiro atoms. The average molecular weight is 348 g/mol. The standard InChI is InChI=1S/C15H14BrN3O2/c1-10(13-6-7-14(16)21-13)18-11-2-4-12(5-3-11)19-9-8-17-15(19)20/h2-10,18H,1H3,(H,17,20). The van der Waals surface area contributed by atoms with Crippen LogP contribution >= 0.6 is 15.9 Å². The van der Waals surface area contributed by atoms with Crippen molar-refractivity contribution in [1.82, 2.24) is 9.55 Å². The van der Waals surface area contributed by atoms with Gasteiger partial charge in [-0.3, -0.25) is 4.57 Å². The second-order valence-corrected chi connectivity index (χ2v) is 5.47. The van der Waals surface area contributed by atoms with Gasteiger partial charge in [0.2, 0.25) is 0 Å². The topological polar surface area (TPSA) is 63.0 Å². The zero-order valence-corrected chi connectivity index (χ0v) is 12.9. The van der Waals surface area contributed by atoms with Crippen LogP contribution in [-0.4, -0.2) is 9.55 Å². The lowest BCUT2D eigenvalue weighted by molar-refractivity contribution is 0.471. The molecule has 0 aliphatic carbocycles. The summed E-state index contributed by atoms with van der Waals surface area (Å²) in [5.41, 5.74) is 1.63. The molecular weight excluding hydrogens is 334 g/mol. The molecule has 0 saturated heterocycles. The van der Waals surface area contributed by atoms with Crippen molar-refractivity contribution in [3.63, 3.8) is 0 Å². The maximum atomic E-state index is 11.5. The van der Waals surface area contributed by atoms with E-state index in [1.54, 1.807) is 17.0 Å². The van der Waals surface area contributed by atoms with Gasteiger partial charge < -0.3 is 14.7 Å². The quantitative estimate of drug-likeness (QED) is 0.756. The van der Waals surface area contributed by atoms with Crippen LogP contribution in [0.25, 0.3) is 5.69 Å². The summed E-state index contributed by atoms with van der Waals surface area (Å²) in [4.78, 5) is 14.2. The summed E-state index contributed by atoms with van der Waals surface area (Å²) in [7, 11) is 0. The normalized spacial score (nSPS) is 12.3. The van der Waals surface area contributed by atoms with Crippen molar-refractivity contribution in [2.45, 2.75) is 13.0 Å². The maximum Gasteiger partial charge on any atom is 0.330 e. The number of halogens is 1. The minimum Gasteiger partial charge on any atom is -0.452 e. The van der Waals surface area contributed by atoms with Crippen molar-refractivity contribution in [3.8, 4) is 5.69 Å². The van der Waals surface area contributed by atoms with Crippen molar-refractivity contribution in [3.05, 3.63) is 69.7 Å². The Bertz CT molecular complexity index is 786. The van der Waals surface area contributed by atoms with E-state index in [0.717, 1.165) is 17.1 Å². The summed E-state index contributed by atoms with van der Waals surface area (Å²) in [6, 6.07) is 11.5. The minimum absolute atomic E-state index is 0.0529. The van der Waals surface area contributed by atoms with E-state index < -0.39 is 0 Å². The van der Waals surface area contributed by atoms with Gasteiger partial charge in [0, 0.05) is 18.1 Å². The Kier molecular flexibility index (Phi) is 3.70. The van der Waals surface area contributed by atoms with Gasteiger partial charge in [-0.2, -0.15) is 0 Å². The Labute approximate surface area is 129 Å². The predicted molar refractivity (Wildman–Crippen MR) is 84.8 cm³/mol. The van der Waals surface area contributed by atoms with E-state index in [2.05, 4.69) is 26.2 Å². The molecule has 5 nitrogen and oxygen atoms in total. The number of rotatable bonds is 4. The molecule has 0 bridgehead atoms. The highest BCUT2D eigenvalue weighted by molar-refractivity contribution is 9.10. The van der Waals surface area contributed by atoms with Crippen LogP contribution in [0.2, 0.25) is 0 Å². The van der Waals surface area contributed by atoms with Crippen molar-refractivity contribution < 1.29 is 4.42 Å². The monoisotopic (exact) mass is 347 g/mol. The summed E-state index contributed by atoms with van der Waals surface area (Å²) >= 11 is 3.29. The van der Waals surface area contributed by atoms with Crippen molar-refractivity contribution in [2.75, 3.05) is 5.32 Å². The van der Waals surface area contributed by atoms with Gasteiger partial charge in [-0.05, 0) is 59.3 Å². The van der Waals surface area contributed by atoms with E-state index in [1.807, 2.05) is 43.3 Å². The van der Waals surface area contributed by atoms with Gasteiger partial charge >= 0.3 is 5.69 Å². The summed E-state index contributed by atoms with van der Waals surface area (Å²) in [5.74, 6) is 0.854. The molecule has 0 saturated carbocycles. The zero-order valence-electron chi connectivity index (χ0n) is 11.3. The van der Waals surface area contributed by atoms with Crippen LogP contribution in [0, 0.1) is 0 Å². The molecular formula is C15H14BrN3O2. The van der Waals surface area contributed by atoms with E-state index >= 15 is 0 Å². The zero-order chi connectivity index (χ0) is 14.8. The summed E-state index contributed by atoms with van der Waals surface area (Å²) in [6.07, 6.45) is 3.32. The van der Waals surface area contributed by atoms with Crippen LogP contribution in [0.5, 0.6) is 0 Å². The molecule has 1 unspecified atom stereocenters. The Balaban J connectivity index is 1.76. The summed E-state index contributed by atoms with van der Waals surface area (Å²) in [6.45, 7) is 2.02. The molecule has 21 heavy (non-hydrogen) atoms. The largest absolute Gasteiger partial charge is 0.452 e. The highest BCUT2D eigenvalue weighted by atomic mass is 79.9. The lowest BCUT2D eigenvalue weighted by Crippen LogP contribution is -2.14. The molecule has 3 rings (SSSR count). The van der Waals surface area contributed by atoms with Crippen LogP contribution in [0.3, 0.4) is 0 Å². The molecule has 0 aliphatic rings. The van der Waals surface area contributed by atoms with Crippen LogP contribution in [-0.2, 0) is 0 Å². The number of aromatic amines is 1. The number of furan rings is 1. The molecule has 1 atom stereocenters. The lowest BCUT2D eigenvalue weighted by Gasteiger charge is -2.13. The van der Waals surface area contributed by atoms with Crippen LogP contribution in [0.1, 0.15) is 18.7 Å². The number of benzene rings is 1. The molecule has 108 valence electrons. The molecule has 2 heterocycles. The minimum atomic E-state index is -0.149. The number of hydrogen-bond acceptors (Lipinski definition) is 3. The molecule has 0 fully saturated rings. The number of nitrogens with zero attached hydrogens (tertiary/aromatic N) is 1. The first-order valence-electron chi connectivity index (χ1n) is 6.52. The predicted octanol–water partition coefficient (Wildman–Crippen LogP) is 3.69. The third-order valence-corrected chi connectivity index (χ3v) is 3.62. The van der Waals surface area contributed by atoms with E-state index in [0.29, 0.717) is 4.67 Å². The summed E-state index contributed by atoms with van der Waals surface area (Å²) < 4.78 is 7.79. The van der Waals surface area contributed by atoms with Crippen molar-refractivity contribution in [2.24, 2.45) is 0 Å². The van der Waals surface area contributed by atoms with Crippen molar-refractivity contribution in [1.29, 1.82) is 0 Å². The molecule has 1 aromatic carbocycles. The molecule has 2 N–H and O–H groups in total. The first kappa shape index (κ1) is 13.8. The van der Waals surface area contributed by atoms with Gasteiger partial charge in [0.15, 0.2) is 4.67 Å². The fourth-order valence-electron chi connectivity index (χ4n) is 2.12. The number of nitrogens with one attached hydrogen (secondary N) is 2. The van der Waals surface area contributed by atoms with Gasteiger partial charge in [0.05, 0.1) is 11.7 Å². The summed E-state index contributed by atoms with van der Waals surface area (Å²) in [5, 5.41) is 3.35. The van der Waals surface area contributed by atoms with Gasteiger partial charge in [-0.15, -0.1) is 0 Å². The Morgan fingerprint density at radius 1 is 1.24 bits per heavy atom. The van der Waals surface area contributed by atoms with E-state index in [-0.39, 0.29) is 11.7 Å². The lowest BCUT2D eigenvalue weighted by atomic mass is 10.2. The molecule has 3 aromatic rings. The third-order valence-electron chi connectivity index (χ3n) is 3.20. The molecule has 0 radical (unpaired) electrons. The fourth-order valence-corrected chi connectivity index (χ4v) is 2.44. The smallest absolute Gasteiger partial charge is 0.330 e. The maximum absolute atomic E-state index is 11.5. The second-order valence-electron chi connectivity index (χ2n) is 4.69. The van der Waals surface area contributed by atoms with Crippen LogP contribution < -0.4 is 11.0 Å². The Hall–Kier alpha value is -2.21. The molecule has 0 amide bonds. The number of H-pyrrole nitrogens is 1. The van der Waals surface area contributed by atoms with E-state index in [9.17, 15) is 4.79 Å². The van der Waals surface area contributed by atoms with Crippen molar-refractivity contribution >= 4 is 21.6 Å². The second kappa shape index (κ2) is 5.65. The van der Waals surface area contributed by atoms with E-state index in [1.165, 1.54) is 0 Å². The molecule has 0 aliphatic heterocycles. The SMILES string of the molecule is CC(Nc1ccc(-n2cc[nH]c2=O)cc1)c1ccc(Br)o1. The highest BCUT2D eigenvalue weighted by Gasteiger charge is 2.09. The number of aromatic nitrogens is 2. The van der Waals surface area contributed by atoms with Gasteiger partial charge in [-0.25, -0.2) is 4.79 Å². The fraction of sp³-hybridized carbons (Fsp3) is 0.133. The van der Waals surface area contributed by atoms with Gasteiger partial charge in [0.25, 0.3) is 0 Å². The Morgan fingerprint density at radius 3 is 2.57 bits per heavy atom. The van der Waals surface area contributed by atoms with Gasteiger partial charge in [0.1, 0.15) is 5.76 Å². The number of hydrogen-bond donors (Lipinski definition) is 2. The Morgan fingerprint density at radius 2 is 2.00 bits per heavy atom.